The van der Waals surface area contributed by atoms with Gasteiger partial charge in [-0.3, -0.25) is 0 Å². The summed E-state index contributed by atoms with van der Waals surface area (Å²) in [5.41, 5.74) is 0.531. The lowest BCUT2D eigenvalue weighted by atomic mass is 10.2. The first-order chi connectivity index (χ1) is 9.33. The predicted molar refractivity (Wildman–Crippen MR) is 81.3 cm³/mol. The number of nitrogens with zero attached hydrogens (tertiary/aromatic N) is 1. The number of carbonyl (C=O) groups excluding carboxylic acids is 1. The molecule has 1 aromatic carbocycles. The lowest BCUT2D eigenvalue weighted by Gasteiger charge is -2.24. The molecule has 1 heterocycles. The lowest BCUT2D eigenvalue weighted by molar-refractivity contribution is 0.0293. The number of rotatable bonds is 2. The van der Waals surface area contributed by atoms with E-state index < -0.39 is 5.60 Å². The molecule has 0 radical (unpaired) electrons. The normalized spacial score (nSPS) is 19.0. The maximum Gasteiger partial charge on any atom is 0.410 e. The first-order valence-corrected chi connectivity index (χ1v) is 7.21. The molecule has 1 fully saturated rings. The monoisotopic (exact) mass is 296 g/mol. The van der Waals surface area contributed by atoms with Crippen molar-refractivity contribution in [3.8, 4) is 0 Å². The highest BCUT2D eigenvalue weighted by atomic mass is 35.5. The summed E-state index contributed by atoms with van der Waals surface area (Å²) in [6.07, 6.45) is 0.666. The molecule has 4 nitrogen and oxygen atoms in total. The van der Waals surface area contributed by atoms with E-state index in [2.05, 4.69) is 5.32 Å². The summed E-state index contributed by atoms with van der Waals surface area (Å²) in [5, 5.41) is 4.10. The van der Waals surface area contributed by atoms with E-state index in [-0.39, 0.29) is 12.1 Å². The first-order valence-electron chi connectivity index (χ1n) is 6.83. The SMILES string of the molecule is CC(C)(C)OC(=O)N1CCC(Nc2cccc(Cl)c2)C1. The maximum atomic E-state index is 12.0. The Morgan fingerprint density at radius 2 is 2.20 bits per heavy atom. The average Bonchev–Trinajstić information content (AvgIpc) is 2.75. The molecular formula is C15H21ClN2O2. The maximum absolute atomic E-state index is 12.0. The molecule has 1 unspecified atom stereocenters. The van der Waals surface area contributed by atoms with Gasteiger partial charge in [0.05, 0.1) is 0 Å². The molecule has 2 rings (SSSR count). The molecule has 1 aliphatic heterocycles. The highest BCUT2D eigenvalue weighted by molar-refractivity contribution is 6.30. The Kier molecular flexibility index (Phi) is 4.43. The molecule has 1 atom stereocenters. The van der Waals surface area contributed by atoms with Crippen LogP contribution in [0.2, 0.25) is 5.02 Å². The van der Waals surface area contributed by atoms with Gasteiger partial charge in [-0.2, -0.15) is 0 Å². The Labute approximate surface area is 125 Å². The number of amides is 1. The lowest BCUT2D eigenvalue weighted by Crippen LogP contribution is -2.36. The number of halogens is 1. The summed E-state index contributed by atoms with van der Waals surface area (Å²) in [7, 11) is 0. The summed E-state index contributed by atoms with van der Waals surface area (Å²) in [5.74, 6) is 0. The molecule has 1 N–H and O–H groups in total. The van der Waals surface area contributed by atoms with Gasteiger partial charge in [-0.05, 0) is 45.4 Å². The highest BCUT2D eigenvalue weighted by Crippen LogP contribution is 2.20. The third-order valence-electron chi connectivity index (χ3n) is 3.04. The third-order valence-corrected chi connectivity index (χ3v) is 3.27. The van der Waals surface area contributed by atoms with Gasteiger partial charge in [0, 0.05) is 29.8 Å². The number of ether oxygens (including phenoxy) is 1. The van der Waals surface area contributed by atoms with Crippen molar-refractivity contribution in [3.63, 3.8) is 0 Å². The van der Waals surface area contributed by atoms with E-state index in [4.69, 9.17) is 16.3 Å². The van der Waals surface area contributed by atoms with E-state index in [1.54, 1.807) is 4.90 Å². The molecule has 1 saturated heterocycles. The number of carbonyl (C=O) groups is 1. The Morgan fingerprint density at radius 1 is 1.45 bits per heavy atom. The molecule has 20 heavy (non-hydrogen) atoms. The van der Waals surface area contributed by atoms with Gasteiger partial charge in [0.25, 0.3) is 0 Å². The van der Waals surface area contributed by atoms with Crippen molar-refractivity contribution < 1.29 is 9.53 Å². The molecule has 0 bridgehead atoms. The smallest absolute Gasteiger partial charge is 0.410 e. The highest BCUT2D eigenvalue weighted by Gasteiger charge is 2.29. The van der Waals surface area contributed by atoms with Gasteiger partial charge in [-0.1, -0.05) is 17.7 Å². The number of benzene rings is 1. The van der Waals surface area contributed by atoms with Crippen molar-refractivity contribution in [2.45, 2.75) is 38.8 Å². The molecule has 0 saturated carbocycles. The zero-order valence-electron chi connectivity index (χ0n) is 12.1. The predicted octanol–water partition coefficient (Wildman–Crippen LogP) is 3.76. The Hall–Kier alpha value is -1.42. The van der Waals surface area contributed by atoms with Crippen molar-refractivity contribution in [3.05, 3.63) is 29.3 Å². The van der Waals surface area contributed by atoms with E-state index in [1.165, 1.54) is 0 Å². The number of hydrogen-bond acceptors (Lipinski definition) is 3. The van der Waals surface area contributed by atoms with Gasteiger partial charge in [-0.15, -0.1) is 0 Å². The number of nitrogens with one attached hydrogen (secondary N) is 1. The third kappa shape index (κ3) is 4.30. The molecule has 110 valence electrons. The van der Waals surface area contributed by atoms with Crippen molar-refractivity contribution in [2.75, 3.05) is 18.4 Å². The zero-order valence-corrected chi connectivity index (χ0v) is 12.9. The van der Waals surface area contributed by atoms with Gasteiger partial charge in [0.1, 0.15) is 5.60 Å². The van der Waals surface area contributed by atoms with Crippen LogP contribution < -0.4 is 5.32 Å². The van der Waals surface area contributed by atoms with Crippen LogP contribution in [0.4, 0.5) is 10.5 Å². The second-order valence-electron chi connectivity index (χ2n) is 6.07. The summed E-state index contributed by atoms with van der Waals surface area (Å²) in [6.45, 7) is 7.00. The summed E-state index contributed by atoms with van der Waals surface area (Å²) < 4.78 is 5.38. The fourth-order valence-electron chi connectivity index (χ4n) is 2.18. The average molecular weight is 297 g/mol. The van der Waals surface area contributed by atoms with Crippen molar-refractivity contribution in [1.82, 2.24) is 4.90 Å². The van der Waals surface area contributed by atoms with E-state index in [1.807, 2.05) is 45.0 Å². The minimum absolute atomic E-state index is 0.237. The fourth-order valence-corrected chi connectivity index (χ4v) is 2.37. The number of likely N-dealkylation sites (tertiary alicyclic amines) is 1. The van der Waals surface area contributed by atoms with Crippen LogP contribution in [0, 0.1) is 0 Å². The second kappa shape index (κ2) is 5.92. The Morgan fingerprint density at radius 3 is 2.85 bits per heavy atom. The van der Waals surface area contributed by atoms with Gasteiger partial charge >= 0.3 is 6.09 Å². The van der Waals surface area contributed by atoms with Gasteiger partial charge in [0.15, 0.2) is 0 Å². The van der Waals surface area contributed by atoms with Crippen LogP contribution in [0.15, 0.2) is 24.3 Å². The van der Waals surface area contributed by atoms with E-state index in [0.717, 1.165) is 12.1 Å². The summed E-state index contributed by atoms with van der Waals surface area (Å²) in [6, 6.07) is 7.85. The standard InChI is InChI=1S/C15H21ClN2O2/c1-15(2,3)20-14(19)18-8-7-13(10-18)17-12-6-4-5-11(16)9-12/h4-6,9,13,17H,7-8,10H2,1-3H3. The minimum Gasteiger partial charge on any atom is -0.444 e. The molecule has 5 heteroatoms. The van der Waals surface area contributed by atoms with Crippen molar-refractivity contribution >= 4 is 23.4 Å². The van der Waals surface area contributed by atoms with Crippen LogP contribution in [-0.4, -0.2) is 35.7 Å². The molecule has 0 spiro atoms. The molecule has 1 amide bonds. The zero-order chi connectivity index (χ0) is 14.8. The van der Waals surface area contributed by atoms with Crippen LogP contribution in [0.3, 0.4) is 0 Å². The van der Waals surface area contributed by atoms with Gasteiger partial charge in [-0.25, -0.2) is 4.79 Å². The molecule has 1 aromatic rings. The first kappa shape index (κ1) is 15.0. The molecular weight excluding hydrogens is 276 g/mol. The number of hydrogen-bond donors (Lipinski definition) is 1. The van der Waals surface area contributed by atoms with Crippen molar-refractivity contribution in [2.24, 2.45) is 0 Å². The summed E-state index contributed by atoms with van der Waals surface area (Å²) in [4.78, 5) is 13.7. The minimum atomic E-state index is -0.449. The van der Waals surface area contributed by atoms with Crippen molar-refractivity contribution in [1.29, 1.82) is 0 Å². The van der Waals surface area contributed by atoms with E-state index >= 15 is 0 Å². The van der Waals surface area contributed by atoms with Crippen LogP contribution in [0.1, 0.15) is 27.2 Å². The van der Waals surface area contributed by atoms with Gasteiger partial charge in [0.2, 0.25) is 0 Å². The van der Waals surface area contributed by atoms with E-state index in [9.17, 15) is 4.79 Å². The molecule has 1 aliphatic rings. The van der Waals surface area contributed by atoms with Crippen LogP contribution in [0.5, 0.6) is 0 Å². The fraction of sp³-hybridized carbons (Fsp3) is 0.533. The largest absolute Gasteiger partial charge is 0.444 e. The Balaban J connectivity index is 1.88. The van der Waals surface area contributed by atoms with Crippen LogP contribution in [-0.2, 0) is 4.74 Å². The topological polar surface area (TPSA) is 41.6 Å². The number of anilines is 1. The Bertz CT molecular complexity index is 485. The molecule has 0 aromatic heterocycles. The van der Waals surface area contributed by atoms with E-state index in [0.29, 0.717) is 18.1 Å². The van der Waals surface area contributed by atoms with Gasteiger partial charge < -0.3 is 15.0 Å². The quantitative estimate of drug-likeness (QED) is 0.903. The summed E-state index contributed by atoms with van der Waals surface area (Å²) >= 11 is 5.96. The van der Waals surface area contributed by atoms with Crippen LogP contribution in [0.25, 0.3) is 0 Å². The van der Waals surface area contributed by atoms with Crippen LogP contribution >= 0.6 is 11.6 Å². The second-order valence-corrected chi connectivity index (χ2v) is 6.50. The molecule has 0 aliphatic carbocycles.